The Bertz CT molecular complexity index is 399. The number of allylic oxidation sites excluding steroid dienone is 2. The number of piperazine rings is 1. The molecule has 1 aliphatic heterocycles. The van der Waals surface area contributed by atoms with Crippen LogP contribution in [0.25, 0.3) is 0 Å². The molecule has 4 nitrogen and oxygen atoms in total. The lowest BCUT2D eigenvalue weighted by Crippen LogP contribution is -2.53. The Balaban J connectivity index is 2.66. The standard InChI is InChI=1S/C15H26N2O2S/c1-7-13(20-11(2)3)12-10-17(9-8-16-12)14(18)19-15(4,5)6/h7,12,16H,2,8-10H2,1,3-6H3. The van der Waals surface area contributed by atoms with Gasteiger partial charge < -0.3 is 15.0 Å². The highest BCUT2D eigenvalue weighted by atomic mass is 32.2. The summed E-state index contributed by atoms with van der Waals surface area (Å²) in [6.07, 6.45) is 1.84. The van der Waals surface area contributed by atoms with Crippen molar-refractivity contribution in [1.29, 1.82) is 0 Å². The molecule has 0 spiro atoms. The van der Waals surface area contributed by atoms with E-state index in [9.17, 15) is 4.79 Å². The summed E-state index contributed by atoms with van der Waals surface area (Å²) >= 11 is 1.66. The van der Waals surface area contributed by atoms with Crippen LogP contribution in [0.5, 0.6) is 0 Å². The van der Waals surface area contributed by atoms with Crippen molar-refractivity contribution in [1.82, 2.24) is 10.2 Å². The van der Waals surface area contributed by atoms with E-state index in [4.69, 9.17) is 4.74 Å². The molecule has 0 aromatic heterocycles. The highest BCUT2D eigenvalue weighted by Gasteiger charge is 2.28. The topological polar surface area (TPSA) is 41.6 Å². The maximum atomic E-state index is 12.1. The number of amides is 1. The van der Waals surface area contributed by atoms with Gasteiger partial charge in [-0.2, -0.15) is 0 Å². The van der Waals surface area contributed by atoms with Gasteiger partial charge in [-0.25, -0.2) is 4.79 Å². The predicted octanol–water partition coefficient (Wildman–Crippen LogP) is 3.37. The molecule has 5 heteroatoms. The van der Waals surface area contributed by atoms with Gasteiger partial charge in [0.1, 0.15) is 5.60 Å². The van der Waals surface area contributed by atoms with Crippen LogP contribution >= 0.6 is 11.8 Å². The summed E-state index contributed by atoms with van der Waals surface area (Å²) in [4.78, 5) is 16.1. The second-order valence-corrected chi connectivity index (χ2v) is 7.30. The van der Waals surface area contributed by atoms with Gasteiger partial charge in [-0.1, -0.05) is 24.4 Å². The number of carbonyl (C=O) groups excluding carboxylic acids is 1. The van der Waals surface area contributed by atoms with Gasteiger partial charge in [0.2, 0.25) is 0 Å². The second-order valence-electron chi connectivity index (χ2n) is 5.93. The Morgan fingerprint density at radius 2 is 2.15 bits per heavy atom. The molecule has 1 aliphatic rings. The average molecular weight is 298 g/mol. The number of nitrogens with zero attached hydrogens (tertiary/aromatic N) is 1. The second kappa shape index (κ2) is 7.18. The largest absolute Gasteiger partial charge is 0.444 e. The summed E-state index contributed by atoms with van der Waals surface area (Å²) in [5.41, 5.74) is -0.451. The summed E-state index contributed by atoms with van der Waals surface area (Å²) in [7, 11) is 0. The van der Waals surface area contributed by atoms with Crippen LogP contribution in [0, 0.1) is 0 Å². The van der Waals surface area contributed by atoms with Gasteiger partial charge >= 0.3 is 6.09 Å². The molecule has 0 aromatic rings. The molecule has 20 heavy (non-hydrogen) atoms. The van der Waals surface area contributed by atoms with E-state index >= 15 is 0 Å². The molecule has 0 aliphatic carbocycles. The van der Waals surface area contributed by atoms with Crippen LogP contribution in [0.4, 0.5) is 4.79 Å². The molecule has 1 heterocycles. The zero-order valence-corrected chi connectivity index (χ0v) is 14.0. The first-order valence-electron chi connectivity index (χ1n) is 6.94. The van der Waals surface area contributed by atoms with E-state index in [0.717, 1.165) is 11.4 Å². The Kier molecular flexibility index (Phi) is 6.14. The Labute approximate surface area is 126 Å². The fourth-order valence-electron chi connectivity index (χ4n) is 1.97. The normalized spacial score (nSPS) is 20.8. The summed E-state index contributed by atoms with van der Waals surface area (Å²) in [6, 6.07) is 0.156. The number of thioether (sulfide) groups is 1. The van der Waals surface area contributed by atoms with E-state index in [2.05, 4.69) is 18.0 Å². The van der Waals surface area contributed by atoms with E-state index in [0.29, 0.717) is 13.1 Å². The molecule has 1 rings (SSSR count). The number of ether oxygens (including phenoxy) is 1. The van der Waals surface area contributed by atoms with E-state index < -0.39 is 5.60 Å². The van der Waals surface area contributed by atoms with Crippen LogP contribution in [-0.4, -0.2) is 42.3 Å². The Morgan fingerprint density at radius 3 is 2.65 bits per heavy atom. The molecule has 114 valence electrons. The van der Waals surface area contributed by atoms with Crippen LogP contribution in [0.1, 0.15) is 34.6 Å². The maximum absolute atomic E-state index is 12.1. The van der Waals surface area contributed by atoms with Gasteiger partial charge in [-0.05, 0) is 39.5 Å². The lowest BCUT2D eigenvalue weighted by molar-refractivity contribution is 0.0209. The van der Waals surface area contributed by atoms with E-state index in [-0.39, 0.29) is 12.1 Å². The van der Waals surface area contributed by atoms with E-state index in [1.54, 1.807) is 16.7 Å². The summed E-state index contributed by atoms with van der Waals surface area (Å²) in [6.45, 7) is 15.7. The fraction of sp³-hybridized carbons (Fsp3) is 0.667. The van der Waals surface area contributed by atoms with Crippen LogP contribution in [0.3, 0.4) is 0 Å². The minimum atomic E-state index is -0.451. The van der Waals surface area contributed by atoms with Crippen molar-refractivity contribution in [2.45, 2.75) is 46.3 Å². The van der Waals surface area contributed by atoms with Gasteiger partial charge in [-0.3, -0.25) is 0 Å². The predicted molar refractivity (Wildman–Crippen MR) is 85.8 cm³/mol. The van der Waals surface area contributed by atoms with Gasteiger partial charge in [-0.15, -0.1) is 0 Å². The van der Waals surface area contributed by atoms with Gasteiger partial charge in [0.25, 0.3) is 0 Å². The minimum Gasteiger partial charge on any atom is -0.444 e. The van der Waals surface area contributed by atoms with Crippen molar-refractivity contribution in [3.63, 3.8) is 0 Å². The number of nitrogens with one attached hydrogen (secondary N) is 1. The van der Waals surface area contributed by atoms with Crippen LogP contribution < -0.4 is 5.32 Å². The van der Waals surface area contributed by atoms with Crippen molar-refractivity contribution >= 4 is 17.9 Å². The molecule has 0 aromatic carbocycles. The fourth-order valence-corrected chi connectivity index (χ4v) is 2.79. The maximum Gasteiger partial charge on any atom is 0.410 e. The molecule has 1 fully saturated rings. The van der Waals surface area contributed by atoms with Gasteiger partial charge in [0, 0.05) is 24.5 Å². The van der Waals surface area contributed by atoms with Crippen molar-refractivity contribution in [3.05, 3.63) is 22.5 Å². The van der Waals surface area contributed by atoms with Gasteiger partial charge in [0.05, 0.1) is 6.04 Å². The summed E-state index contributed by atoms with van der Waals surface area (Å²) in [5.74, 6) is 0. The smallest absolute Gasteiger partial charge is 0.410 e. The number of rotatable bonds is 3. The summed E-state index contributed by atoms with van der Waals surface area (Å²) in [5, 5.41) is 3.44. The third-order valence-electron chi connectivity index (χ3n) is 2.75. The van der Waals surface area contributed by atoms with Crippen molar-refractivity contribution in [2.75, 3.05) is 19.6 Å². The van der Waals surface area contributed by atoms with Gasteiger partial charge in [0.15, 0.2) is 0 Å². The third kappa shape index (κ3) is 5.59. The minimum absolute atomic E-state index is 0.156. The van der Waals surface area contributed by atoms with E-state index in [1.165, 1.54) is 4.91 Å². The Hall–Kier alpha value is -0.940. The van der Waals surface area contributed by atoms with Crippen molar-refractivity contribution in [2.24, 2.45) is 0 Å². The molecule has 0 saturated carbocycles. The lowest BCUT2D eigenvalue weighted by atomic mass is 10.2. The molecule has 1 N–H and O–H groups in total. The summed E-state index contributed by atoms with van der Waals surface area (Å²) < 4.78 is 5.44. The molecule has 0 bridgehead atoms. The van der Waals surface area contributed by atoms with Crippen molar-refractivity contribution in [3.8, 4) is 0 Å². The first-order chi connectivity index (χ1) is 9.23. The quantitative estimate of drug-likeness (QED) is 0.867. The van der Waals surface area contributed by atoms with Crippen LogP contribution in [0.15, 0.2) is 22.5 Å². The molecule has 1 amide bonds. The first-order valence-corrected chi connectivity index (χ1v) is 7.75. The molecular formula is C15H26N2O2S. The van der Waals surface area contributed by atoms with Crippen LogP contribution in [0.2, 0.25) is 0 Å². The molecule has 1 unspecified atom stereocenters. The highest BCUT2D eigenvalue weighted by Crippen LogP contribution is 2.27. The zero-order valence-electron chi connectivity index (χ0n) is 13.2. The third-order valence-corrected chi connectivity index (χ3v) is 3.85. The Morgan fingerprint density at radius 1 is 1.50 bits per heavy atom. The molecule has 0 radical (unpaired) electrons. The average Bonchev–Trinajstić information content (AvgIpc) is 2.34. The lowest BCUT2D eigenvalue weighted by Gasteiger charge is -2.35. The number of hydrogen-bond acceptors (Lipinski definition) is 4. The molecule has 1 saturated heterocycles. The SMILES string of the molecule is C=C(C)SC(=CC)C1CN(C(=O)OC(C)(C)C)CCN1. The van der Waals surface area contributed by atoms with Crippen molar-refractivity contribution < 1.29 is 9.53 Å². The first kappa shape index (κ1) is 17.1. The highest BCUT2D eigenvalue weighted by molar-refractivity contribution is 8.06. The number of hydrogen-bond donors (Lipinski definition) is 1. The molecule has 1 atom stereocenters. The van der Waals surface area contributed by atoms with E-state index in [1.807, 2.05) is 34.6 Å². The zero-order chi connectivity index (χ0) is 15.3. The molecular weight excluding hydrogens is 272 g/mol. The van der Waals surface area contributed by atoms with Crippen LogP contribution in [-0.2, 0) is 4.74 Å². The monoisotopic (exact) mass is 298 g/mol. The number of carbonyl (C=O) groups is 1.